The van der Waals surface area contributed by atoms with Crippen molar-refractivity contribution in [3.8, 4) is 11.5 Å². The molecule has 0 fully saturated rings. The molecule has 1 aliphatic heterocycles. The van der Waals surface area contributed by atoms with Crippen LogP contribution in [0, 0.1) is 5.82 Å². The lowest BCUT2D eigenvalue weighted by Gasteiger charge is -2.06. The Morgan fingerprint density at radius 3 is 2.48 bits per heavy atom. The van der Waals surface area contributed by atoms with Gasteiger partial charge in [0.05, 0.1) is 0 Å². The maximum absolute atomic E-state index is 12.8. The van der Waals surface area contributed by atoms with Crippen LogP contribution in [0.4, 0.5) is 4.39 Å². The zero-order valence-corrected chi connectivity index (χ0v) is 12.3. The summed E-state index contributed by atoms with van der Waals surface area (Å²) in [5, 5.41) is 3.37. The smallest absolute Gasteiger partial charge is 0.231 e. The zero-order chi connectivity index (χ0) is 13.8. The monoisotopic (exact) mass is 309 g/mol. The Hall–Kier alpha value is -1.78. The van der Waals surface area contributed by atoms with Gasteiger partial charge in [-0.05, 0) is 48.4 Å². The van der Waals surface area contributed by atoms with Crippen LogP contribution >= 0.6 is 12.4 Å². The Morgan fingerprint density at radius 2 is 1.67 bits per heavy atom. The molecule has 1 N–H and O–H groups in total. The van der Waals surface area contributed by atoms with Crippen molar-refractivity contribution >= 4 is 12.4 Å². The van der Waals surface area contributed by atoms with E-state index in [1.165, 1.54) is 12.1 Å². The Bertz CT molecular complexity index is 589. The molecular formula is C16H17ClFNO2. The summed E-state index contributed by atoms with van der Waals surface area (Å²) in [6.45, 7) is 1.93. The lowest BCUT2D eigenvalue weighted by molar-refractivity contribution is 0.174. The molecule has 21 heavy (non-hydrogen) atoms. The third-order valence-corrected chi connectivity index (χ3v) is 3.27. The molecule has 112 valence electrons. The van der Waals surface area contributed by atoms with Gasteiger partial charge >= 0.3 is 0 Å². The molecular weight excluding hydrogens is 293 g/mol. The minimum Gasteiger partial charge on any atom is -0.454 e. The van der Waals surface area contributed by atoms with Gasteiger partial charge in [0.25, 0.3) is 0 Å². The maximum atomic E-state index is 12.8. The summed E-state index contributed by atoms with van der Waals surface area (Å²) in [6.07, 6.45) is 0.880. The van der Waals surface area contributed by atoms with E-state index in [2.05, 4.69) is 5.32 Å². The first-order chi connectivity index (χ1) is 9.81. The summed E-state index contributed by atoms with van der Waals surface area (Å²) in [4.78, 5) is 0. The van der Waals surface area contributed by atoms with E-state index in [1.807, 2.05) is 30.3 Å². The highest BCUT2D eigenvalue weighted by molar-refractivity contribution is 5.85. The van der Waals surface area contributed by atoms with Crippen LogP contribution in [0.3, 0.4) is 0 Å². The molecule has 0 radical (unpaired) electrons. The van der Waals surface area contributed by atoms with Crippen molar-refractivity contribution in [2.45, 2.75) is 13.0 Å². The van der Waals surface area contributed by atoms with Gasteiger partial charge in [0.2, 0.25) is 6.79 Å². The SMILES string of the molecule is Cl.Fc1ccc(CCNCc2ccc3c(c2)OCO3)cc1. The Balaban J connectivity index is 0.00000161. The van der Waals surface area contributed by atoms with Gasteiger partial charge in [-0.25, -0.2) is 4.39 Å². The Morgan fingerprint density at radius 1 is 0.952 bits per heavy atom. The van der Waals surface area contributed by atoms with E-state index >= 15 is 0 Å². The predicted octanol–water partition coefficient (Wildman–Crippen LogP) is 3.31. The van der Waals surface area contributed by atoms with Crippen molar-refractivity contribution < 1.29 is 13.9 Å². The summed E-state index contributed by atoms with van der Waals surface area (Å²) in [5.74, 6) is 1.42. The second-order valence-corrected chi connectivity index (χ2v) is 4.74. The molecule has 0 unspecified atom stereocenters. The Labute approximate surface area is 129 Å². The van der Waals surface area contributed by atoms with E-state index in [1.54, 1.807) is 0 Å². The van der Waals surface area contributed by atoms with Gasteiger partial charge < -0.3 is 14.8 Å². The minimum absolute atomic E-state index is 0. The van der Waals surface area contributed by atoms with Gasteiger partial charge in [0.15, 0.2) is 11.5 Å². The van der Waals surface area contributed by atoms with Gasteiger partial charge in [-0.1, -0.05) is 18.2 Å². The Kier molecular flexibility index (Phi) is 5.42. The summed E-state index contributed by atoms with van der Waals surface area (Å²) in [7, 11) is 0. The number of benzene rings is 2. The molecule has 5 heteroatoms. The van der Waals surface area contributed by atoms with Gasteiger partial charge in [0, 0.05) is 6.54 Å². The van der Waals surface area contributed by atoms with Crippen LogP contribution in [0.15, 0.2) is 42.5 Å². The number of hydrogen-bond acceptors (Lipinski definition) is 3. The average Bonchev–Trinajstić information content (AvgIpc) is 2.93. The van der Waals surface area contributed by atoms with Crippen molar-refractivity contribution in [1.29, 1.82) is 0 Å². The summed E-state index contributed by atoms with van der Waals surface area (Å²) in [5.41, 5.74) is 2.29. The minimum atomic E-state index is -0.193. The molecule has 0 saturated heterocycles. The first-order valence-corrected chi connectivity index (χ1v) is 6.65. The highest BCUT2D eigenvalue weighted by Crippen LogP contribution is 2.32. The summed E-state index contributed by atoms with van der Waals surface area (Å²) < 4.78 is 23.4. The van der Waals surface area contributed by atoms with Crippen molar-refractivity contribution in [1.82, 2.24) is 5.32 Å². The van der Waals surface area contributed by atoms with Crippen molar-refractivity contribution in [3.05, 3.63) is 59.4 Å². The second-order valence-electron chi connectivity index (χ2n) is 4.74. The largest absolute Gasteiger partial charge is 0.454 e. The predicted molar refractivity (Wildman–Crippen MR) is 81.6 cm³/mol. The molecule has 0 bridgehead atoms. The molecule has 3 nitrogen and oxygen atoms in total. The fourth-order valence-electron chi connectivity index (χ4n) is 2.17. The number of halogens is 2. The van der Waals surface area contributed by atoms with Crippen LogP contribution in [0.2, 0.25) is 0 Å². The normalized spacial score (nSPS) is 12.0. The van der Waals surface area contributed by atoms with E-state index in [0.29, 0.717) is 6.79 Å². The van der Waals surface area contributed by atoms with E-state index in [-0.39, 0.29) is 18.2 Å². The molecule has 2 aromatic carbocycles. The lowest BCUT2D eigenvalue weighted by Crippen LogP contribution is -2.16. The number of ether oxygens (including phenoxy) is 2. The molecule has 0 amide bonds. The molecule has 1 aliphatic rings. The van der Waals surface area contributed by atoms with Crippen LogP contribution in [-0.4, -0.2) is 13.3 Å². The number of hydrogen-bond donors (Lipinski definition) is 1. The fourth-order valence-corrected chi connectivity index (χ4v) is 2.17. The summed E-state index contributed by atoms with van der Waals surface area (Å²) >= 11 is 0. The van der Waals surface area contributed by atoms with Crippen molar-refractivity contribution in [2.24, 2.45) is 0 Å². The van der Waals surface area contributed by atoms with E-state index in [4.69, 9.17) is 9.47 Å². The van der Waals surface area contributed by atoms with E-state index in [0.717, 1.165) is 42.1 Å². The molecule has 2 aromatic rings. The lowest BCUT2D eigenvalue weighted by atomic mass is 10.1. The third kappa shape index (κ3) is 4.09. The van der Waals surface area contributed by atoms with Crippen LogP contribution in [0.5, 0.6) is 11.5 Å². The molecule has 3 rings (SSSR count). The topological polar surface area (TPSA) is 30.5 Å². The van der Waals surface area contributed by atoms with Crippen LogP contribution in [0.25, 0.3) is 0 Å². The molecule has 0 atom stereocenters. The van der Waals surface area contributed by atoms with Gasteiger partial charge in [-0.15, -0.1) is 12.4 Å². The molecule has 0 aromatic heterocycles. The third-order valence-electron chi connectivity index (χ3n) is 3.27. The number of rotatable bonds is 5. The second kappa shape index (κ2) is 7.29. The average molecular weight is 310 g/mol. The van der Waals surface area contributed by atoms with Gasteiger partial charge in [-0.3, -0.25) is 0 Å². The first kappa shape index (κ1) is 15.6. The van der Waals surface area contributed by atoms with E-state index in [9.17, 15) is 4.39 Å². The number of fused-ring (bicyclic) bond motifs is 1. The highest BCUT2D eigenvalue weighted by Gasteiger charge is 2.12. The summed E-state index contributed by atoms with van der Waals surface area (Å²) in [6, 6.07) is 12.6. The first-order valence-electron chi connectivity index (χ1n) is 6.65. The van der Waals surface area contributed by atoms with E-state index < -0.39 is 0 Å². The van der Waals surface area contributed by atoms with Gasteiger partial charge in [0.1, 0.15) is 5.82 Å². The van der Waals surface area contributed by atoms with Crippen molar-refractivity contribution in [2.75, 3.05) is 13.3 Å². The quantitative estimate of drug-likeness (QED) is 0.860. The molecule has 0 aliphatic carbocycles. The maximum Gasteiger partial charge on any atom is 0.231 e. The van der Waals surface area contributed by atoms with Crippen LogP contribution in [-0.2, 0) is 13.0 Å². The fraction of sp³-hybridized carbons (Fsp3) is 0.250. The number of nitrogens with one attached hydrogen (secondary N) is 1. The molecule has 1 heterocycles. The zero-order valence-electron chi connectivity index (χ0n) is 11.5. The van der Waals surface area contributed by atoms with Crippen LogP contribution < -0.4 is 14.8 Å². The standard InChI is InChI=1S/C16H16FNO2.ClH/c17-14-4-1-12(2-5-14)7-8-18-10-13-3-6-15-16(9-13)20-11-19-15;/h1-6,9,18H,7-8,10-11H2;1H. The van der Waals surface area contributed by atoms with Gasteiger partial charge in [-0.2, -0.15) is 0 Å². The van der Waals surface area contributed by atoms with Crippen molar-refractivity contribution in [3.63, 3.8) is 0 Å². The van der Waals surface area contributed by atoms with Crippen LogP contribution in [0.1, 0.15) is 11.1 Å². The highest BCUT2D eigenvalue weighted by atomic mass is 35.5. The molecule has 0 saturated carbocycles. The molecule has 0 spiro atoms.